The lowest BCUT2D eigenvalue weighted by Gasteiger charge is -2.07. The third-order valence-corrected chi connectivity index (χ3v) is 2.84. The third kappa shape index (κ3) is 3.47. The first-order valence-electron chi connectivity index (χ1n) is 4.10. The highest BCUT2D eigenvalue weighted by Crippen LogP contribution is 2.08. The van der Waals surface area contributed by atoms with Gasteiger partial charge in [0, 0.05) is 4.88 Å². The molecule has 76 valence electrons. The first-order valence-corrected chi connectivity index (χ1v) is 5.36. The van der Waals surface area contributed by atoms with Crippen molar-refractivity contribution in [2.24, 2.45) is 0 Å². The number of nitrogens with one attached hydrogen (secondary N) is 1. The number of halogens is 1. The Kier molecular flexibility index (Phi) is 4.10. The van der Waals surface area contributed by atoms with Crippen LogP contribution in [0, 0.1) is 0 Å². The fourth-order valence-corrected chi connectivity index (χ4v) is 1.68. The molecule has 1 amide bonds. The van der Waals surface area contributed by atoms with Gasteiger partial charge in [-0.25, -0.2) is 0 Å². The third-order valence-electron chi connectivity index (χ3n) is 1.63. The van der Waals surface area contributed by atoms with Crippen molar-refractivity contribution >= 4 is 34.1 Å². The molecule has 5 heteroatoms. The van der Waals surface area contributed by atoms with E-state index in [1.165, 1.54) is 11.3 Å². The lowest BCUT2D eigenvalue weighted by atomic mass is 10.3. The van der Waals surface area contributed by atoms with Crippen molar-refractivity contribution in [3.63, 3.8) is 0 Å². The van der Waals surface area contributed by atoms with Gasteiger partial charge in [0.1, 0.15) is 6.04 Å². The van der Waals surface area contributed by atoms with Gasteiger partial charge in [0.2, 0.25) is 11.1 Å². The van der Waals surface area contributed by atoms with Crippen molar-refractivity contribution in [2.45, 2.75) is 19.4 Å². The molecule has 1 unspecified atom stereocenters. The van der Waals surface area contributed by atoms with Crippen molar-refractivity contribution in [3.8, 4) is 0 Å². The summed E-state index contributed by atoms with van der Waals surface area (Å²) in [6, 6.07) is 3.13. The lowest BCUT2D eigenvalue weighted by molar-refractivity contribution is -0.124. The van der Waals surface area contributed by atoms with Gasteiger partial charge >= 0.3 is 0 Å². The van der Waals surface area contributed by atoms with E-state index in [1.807, 2.05) is 17.5 Å². The Hall–Kier alpha value is -0.870. The average Bonchev–Trinajstić information content (AvgIpc) is 2.56. The minimum atomic E-state index is -0.621. The molecule has 0 saturated heterocycles. The Morgan fingerprint density at radius 1 is 1.64 bits per heavy atom. The van der Waals surface area contributed by atoms with Crippen LogP contribution in [0.15, 0.2) is 17.5 Å². The molecule has 0 aromatic carbocycles. The minimum absolute atomic E-state index is 0.186. The van der Waals surface area contributed by atoms with Crippen LogP contribution in [0.4, 0.5) is 0 Å². The Morgan fingerprint density at radius 3 is 2.86 bits per heavy atom. The molecule has 0 saturated carbocycles. The largest absolute Gasteiger partial charge is 0.345 e. The molecule has 0 fully saturated rings. The summed E-state index contributed by atoms with van der Waals surface area (Å²) in [5, 5.41) is 3.85. The maximum absolute atomic E-state index is 11.3. The summed E-state index contributed by atoms with van der Waals surface area (Å²) in [7, 11) is 0. The van der Waals surface area contributed by atoms with E-state index in [-0.39, 0.29) is 5.91 Å². The molecule has 1 heterocycles. The van der Waals surface area contributed by atoms with E-state index in [9.17, 15) is 9.59 Å². The van der Waals surface area contributed by atoms with Crippen LogP contribution in [0.2, 0.25) is 0 Å². The molecule has 1 atom stereocenters. The van der Waals surface area contributed by atoms with Crippen molar-refractivity contribution in [3.05, 3.63) is 22.4 Å². The molecule has 0 radical (unpaired) electrons. The van der Waals surface area contributed by atoms with Crippen LogP contribution in [0.1, 0.15) is 11.8 Å². The molecule has 0 aliphatic carbocycles. The number of carbonyl (C=O) groups excluding carboxylic acids is 2. The van der Waals surface area contributed by atoms with Gasteiger partial charge in [-0.1, -0.05) is 6.07 Å². The summed E-state index contributed by atoms with van der Waals surface area (Å²) in [6.45, 7) is 1.56. The van der Waals surface area contributed by atoms with Crippen LogP contribution in [0.25, 0.3) is 0 Å². The fraction of sp³-hybridized carbons (Fsp3) is 0.333. The van der Waals surface area contributed by atoms with E-state index < -0.39 is 11.3 Å². The summed E-state index contributed by atoms with van der Waals surface area (Å²) >= 11 is 6.71. The molecule has 3 nitrogen and oxygen atoms in total. The van der Waals surface area contributed by atoms with E-state index in [0.29, 0.717) is 6.42 Å². The first kappa shape index (κ1) is 11.2. The molecule has 1 aromatic rings. The number of amides is 1. The minimum Gasteiger partial charge on any atom is -0.345 e. The molecule has 0 bridgehead atoms. The van der Waals surface area contributed by atoms with Crippen LogP contribution in [0.3, 0.4) is 0 Å². The van der Waals surface area contributed by atoms with E-state index in [2.05, 4.69) is 5.32 Å². The highest BCUT2D eigenvalue weighted by molar-refractivity contribution is 7.10. The lowest BCUT2D eigenvalue weighted by Crippen LogP contribution is -2.37. The Morgan fingerprint density at radius 2 is 2.36 bits per heavy atom. The highest BCUT2D eigenvalue weighted by Gasteiger charge is 2.13. The Labute approximate surface area is 91.1 Å². The van der Waals surface area contributed by atoms with Crippen LogP contribution >= 0.6 is 22.9 Å². The monoisotopic (exact) mass is 231 g/mol. The summed E-state index contributed by atoms with van der Waals surface area (Å²) in [5.41, 5.74) is 0. The van der Waals surface area contributed by atoms with E-state index >= 15 is 0 Å². The van der Waals surface area contributed by atoms with Crippen LogP contribution < -0.4 is 5.32 Å². The molecule has 1 rings (SSSR count). The maximum atomic E-state index is 11.3. The van der Waals surface area contributed by atoms with Crippen LogP contribution in [-0.4, -0.2) is 17.2 Å². The molecular weight excluding hydrogens is 222 g/mol. The second kappa shape index (κ2) is 5.12. The van der Waals surface area contributed by atoms with Gasteiger partial charge in [-0.15, -0.1) is 11.3 Å². The fourth-order valence-electron chi connectivity index (χ4n) is 0.921. The zero-order chi connectivity index (χ0) is 10.6. The number of hydrogen-bond acceptors (Lipinski definition) is 3. The highest BCUT2D eigenvalue weighted by atomic mass is 35.5. The van der Waals surface area contributed by atoms with Gasteiger partial charge in [0.05, 0.1) is 6.42 Å². The van der Waals surface area contributed by atoms with E-state index in [1.54, 1.807) is 6.92 Å². The second-order valence-electron chi connectivity index (χ2n) is 2.85. The molecule has 0 spiro atoms. The predicted molar refractivity (Wildman–Crippen MR) is 56.5 cm³/mol. The maximum Gasteiger partial charge on any atom is 0.243 e. The quantitative estimate of drug-likeness (QED) is 0.800. The molecule has 14 heavy (non-hydrogen) atoms. The topological polar surface area (TPSA) is 46.2 Å². The van der Waals surface area contributed by atoms with Crippen molar-refractivity contribution in [2.75, 3.05) is 0 Å². The van der Waals surface area contributed by atoms with Gasteiger partial charge < -0.3 is 5.32 Å². The number of rotatable bonds is 4. The summed E-state index contributed by atoms with van der Waals surface area (Å²) < 4.78 is 0. The van der Waals surface area contributed by atoms with Gasteiger partial charge in [-0.3, -0.25) is 9.59 Å². The molecule has 1 N–H and O–H groups in total. The number of thiophene rings is 1. The summed E-state index contributed by atoms with van der Waals surface area (Å²) in [5.74, 6) is -0.186. The molecule has 1 aromatic heterocycles. The number of hydrogen-bond donors (Lipinski definition) is 1. The second-order valence-corrected chi connectivity index (χ2v) is 4.25. The normalized spacial score (nSPS) is 12.1. The van der Waals surface area contributed by atoms with Crippen LogP contribution in [0.5, 0.6) is 0 Å². The van der Waals surface area contributed by atoms with Crippen molar-refractivity contribution in [1.82, 2.24) is 5.32 Å². The van der Waals surface area contributed by atoms with E-state index in [0.717, 1.165) is 4.88 Å². The zero-order valence-corrected chi connectivity index (χ0v) is 9.19. The van der Waals surface area contributed by atoms with Crippen LogP contribution in [-0.2, 0) is 16.0 Å². The van der Waals surface area contributed by atoms with Crippen molar-refractivity contribution < 1.29 is 9.59 Å². The molecule has 0 aliphatic rings. The van der Waals surface area contributed by atoms with Gasteiger partial charge in [-0.05, 0) is 30.0 Å². The standard InChI is InChI=1S/C9H10ClNO2S/c1-6(9(10)13)11-8(12)5-7-3-2-4-14-7/h2-4,6H,5H2,1H3,(H,11,12). The average molecular weight is 232 g/mol. The van der Waals surface area contributed by atoms with E-state index in [4.69, 9.17) is 11.6 Å². The van der Waals surface area contributed by atoms with Gasteiger partial charge in [-0.2, -0.15) is 0 Å². The molecule has 0 aliphatic heterocycles. The predicted octanol–water partition coefficient (Wildman–Crippen LogP) is 1.56. The summed E-state index contributed by atoms with van der Waals surface area (Å²) in [4.78, 5) is 22.9. The Balaban J connectivity index is 2.40. The Bertz CT molecular complexity index is 324. The first-order chi connectivity index (χ1) is 6.59. The van der Waals surface area contributed by atoms with Gasteiger partial charge in [0.25, 0.3) is 0 Å². The van der Waals surface area contributed by atoms with Gasteiger partial charge in [0.15, 0.2) is 0 Å². The SMILES string of the molecule is CC(NC(=O)Cc1cccs1)C(=O)Cl. The van der Waals surface area contributed by atoms with Crippen molar-refractivity contribution in [1.29, 1.82) is 0 Å². The smallest absolute Gasteiger partial charge is 0.243 e. The summed E-state index contributed by atoms with van der Waals surface area (Å²) in [6.07, 6.45) is 0.298. The molecular formula is C9H10ClNO2S. The number of carbonyl (C=O) groups is 2. The zero-order valence-electron chi connectivity index (χ0n) is 7.62.